The molecule has 0 aliphatic carbocycles. The first kappa shape index (κ1) is 12.2. The fourth-order valence-corrected chi connectivity index (χ4v) is 1.16. The molecule has 4 nitrogen and oxygen atoms in total. The van der Waals surface area contributed by atoms with Gasteiger partial charge in [-0.05, 0) is 17.7 Å². The van der Waals surface area contributed by atoms with E-state index in [1.54, 1.807) is 0 Å². The van der Waals surface area contributed by atoms with E-state index in [0.29, 0.717) is 0 Å². The van der Waals surface area contributed by atoms with E-state index in [-0.39, 0.29) is 17.1 Å². The lowest BCUT2D eigenvalue weighted by Crippen LogP contribution is -2.30. The van der Waals surface area contributed by atoms with Crippen molar-refractivity contribution in [2.45, 2.75) is 12.3 Å². The van der Waals surface area contributed by atoms with E-state index in [1.807, 2.05) is 0 Å². The zero-order valence-corrected chi connectivity index (χ0v) is 8.41. The van der Waals surface area contributed by atoms with Crippen LogP contribution in [0.3, 0.4) is 0 Å². The maximum Gasteiger partial charge on any atom is 0.374 e. The van der Waals surface area contributed by atoms with E-state index in [1.165, 1.54) is 25.3 Å². The Labute approximate surface area is 90.1 Å². The molecule has 0 heterocycles. The molecule has 0 unspecified atom stereocenters. The van der Waals surface area contributed by atoms with Gasteiger partial charge in [0.25, 0.3) is 0 Å². The predicted molar refractivity (Wildman–Crippen MR) is 50.9 cm³/mol. The van der Waals surface area contributed by atoms with Gasteiger partial charge in [-0.15, -0.1) is 0 Å². The van der Waals surface area contributed by atoms with Crippen LogP contribution in [-0.2, 0) is 11.2 Å². The Hall–Kier alpha value is -1.85. The molecular weight excluding hydrogens is 222 g/mol. The van der Waals surface area contributed by atoms with Crippen LogP contribution in [0, 0.1) is 0 Å². The number of aromatic hydroxyl groups is 1. The summed E-state index contributed by atoms with van der Waals surface area (Å²) in [7, 11) is 1.27. The lowest BCUT2D eigenvalue weighted by molar-refractivity contribution is -0.164. The quantitative estimate of drug-likeness (QED) is 0.828. The van der Waals surface area contributed by atoms with E-state index in [0.717, 1.165) is 0 Å². The summed E-state index contributed by atoms with van der Waals surface area (Å²) in [5.74, 6) is -6.18. The van der Waals surface area contributed by atoms with Crippen molar-refractivity contribution in [2.24, 2.45) is 0 Å². The molecule has 0 atom stereocenters. The van der Waals surface area contributed by atoms with Gasteiger partial charge in [0.1, 0.15) is 0 Å². The summed E-state index contributed by atoms with van der Waals surface area (Å²) in [6, 6.07) is 3.56. The summed E-state index contributed by atoms with van der Waals surface area (Å²) in [6.45, 7) is 0. The van der Waals surface area contributed by atoms with Gasteiger partial charge in [0.05, 0.1) is 7.11 Å². The highest BCUT2D eigenvalue weighted by molar-refractivity contribution is 5.75. The highest BCUT2D eigenvalue weighted by Gasteiger charge is 2.38. The van der Waals surface area contributed by atoms with Crippen molar-refractivity contribution in [3.05, 3.63) is 23.8 Å². The van der Waals surface area contributed by atoms with Gasteiger partial charge in [0, 0.05) is 6.42 Å². The summed E-state index contributed by atoms with van der Waals surface area (Å²) in [4.78, 5) is 10.2. The standard InChI is InChI=1S/C10H10F2O4/c1-16-8-4-6(2-3-7(8)13)5-10(11,12)9(14)15/h2-4,13H,5H2,1H3,(H,14,15). The predicted octanol–water partition coefficient (Wildman–Crippen LogP) is 1.66. The first-order chi connectivity index (χ1) is 7.36. The summed E-state index contributed by atoms with van der Waals surface area (Å²) in [6.07, 6.45) is -0.945. The number of phenolic OH excluding ortho intramolecular Hbond substituents is 1. The average Bonchev–Trinajstić information content (AvgIpc) is 2.20. The summed E-state index contributed by atoms with van der Waals surface area (Å²) < 4.78 is 30.4. The molecule has 1 aromatic carbocycles. The van der Waals surface area contributed by atoms with Gasteiger partial charge in [-0.2, -0.15) is 8.78 Å². The molecule has 88 valence electrons. The van der Waals surface area contributed by atoms with E-state index in [4.69, 9.17) is 9.84 Å². The number of hydrogen-bond donors (Lipinski definition) is 2. The number of aliphatic carboxylic acids is 1. The smallest absolute Gasteiger partial charge is 0.374 e. The molecule has 6 heteroatoms. The zero-order valence-electron chi connectivity index (χ0n) is 8.41. The average molecular weight is 232 g/mol. The fraction of sp³-hybridized carbons (Fsp3) is 0.300. The van der Waals surface area contributed by atoms with Gasteiger partial charge in [-0.1, -0.05) is 6.07 Å². The van der Waals surface area contributed by atoms with E-state index in [9.17, 15) is 18.7 Å². The lowest BCUT2D eigenvalue weighted by Gasteiger charge is -2.12. The van der Waals surface area contributed by atoms with Gasteiger partial charge in [-0.25, -0.2) is 4.79 Å². The molecule has 1 rings (SSSR count). The molecule has 0 saturated carbocycles. The maximum absolute atomic E-state index is 12.9. The van der Waals surface area contributed by atoms with Gasteiger partial charge in [-0.3, -0.25) is 0 Å². The Morgan fingerprint density at radius 3 is 2.62 bits per heavy atom. The number of ether oxygens (including phenoxy) is 1. The molecule has 1 aromatic rings. The number of carboxylic acid groups (broad SMARTS) is 1. The van der Waals surface area contributed by atoms with Gasteiger partial charge in [0.2, 0.25) is 0 Å². The van der Waals surface area contributed by atoms with Crippen LogP contribution >= 0.6 is 0 Å². The third-order valence-corrected chi connectivity index (χ3v) is 1.98. The topological polar surface area (TPSA) is 66.8 Å². The van der Waals surface area contributed by atoms with Crippen LogP contribution in [0.1, 0.15) is 5.56 Å². The zero-order chi connectivity index (χ0) is 12.3. The van der Waals surface area contributed by atoms with Crippen LogP contribution in [0.5, 0.6) is 11.5 Å². The number of carboxylic acids is 1. The molecule has 0 aliphatic rings. The summed E-state index contributed by atoms with van der Waals surface area (Å²) in [5, 5.41) is 17.5. The monoisotopic (exact) mass is 232 g/mol. The first-order valence-electron chi connectivity index (χ1n) is 4.34. The molecule has 0 bridgehead atoms. The maximum atomic E-state index is 12.9. The summed E-state index contributed by atoms with van der Waals surface area (Å²) in [5.41, 5.74) is 0.0713. The van der Waals surface area contributed by atoms with Crippen LogP contribution < -0.4 is 4.74 Å². The second-order valence-electron chi connectivity index (χ2n) is 3.19. The number of benzene rings is 1. The second-order valence-corrected chi connectivity index (χ2v) is 3.19. The van der Waals surface area contributed by atoms with Crippen molar-refractivity contribution >= 4 is 5.97 Å². The van der Waals surface area contributed by atoms with Crippen LogP contribution in [0.4, 0.5) is 8.78 Å². The number of rotatable bonds is 4. The minimum Gasteiger partial charge on any atom is -0.504 e. The third-order valence-electron chi connectivity index (χ3n) is 1.98. The Balaban J connectivity index is 2.94. The molecule has 0 spiro atoms. The van der Waals surface area contributed by atoms with E-state index < -0.39 is 18.3 Å². The molecule has 2 N–H and O–H groups in total. The van der Waals surface area contributed by atoms with Gasteiger partial charge < -0.3 is 14.9 Å². The molecule has 0 radical (unpaired) electrons. The van der Waals surface area contributed by atoms with Gasteiger partial charge in [0.15, 0.2) is 11.5 Å². The third kappa shape index (κ3) is 2.59. The highest BCUT2D eigenvalue weighted by Crippen LogP contribution is 2.29. The molecular formula is C10H10F2O4. The minimum absolute atomic E-state index is 0.0266. The number of methoxy groups -OCH3 is 1. The number of phenols is 1. The Morgan fingerprint density at radius 1 is 1.50 bits per heavy atom. The second kappa shape index (κ2) is 4.34. The van der Waals surface area contributed by atoms with Gasteiger partial charge >= 0.3 is 11.9 Å². The number of hydrogen-bond acceptors (Lipinski definition) is 3. The molecule has 16 heavy (non-hydrogen) atoms. The number of halogens is 2. The largest absolute Gasteiger partial charge is 0.504 e. The molecule has 0 saturated heterocycles. The first-order valence-corrected chi connectivity index (χ1v) is 4.34. The number of alkyl halides is 2. The molecule has 0 amide bonds. The van der Waals surface area contributed by atoms with Crippen molar-refractivity contribution in [3.63, 3.8) is 0 Å². The van der Waals surface area contributed by atoms with Crippen molar-refractivity contribution in [1.82, 2.24) is 0 Å². The SMILES string of the molecule is COc1cc(CC(F)(F)C(=O)O)ccc1O. The van der Waals surface area contributed by atoms with Crippen LogP contribution in [0.25, 0.3) is 0 Å². The molecule has 0 fully saturated rings. The van der Waals surface area contributed by atoms with Crippen molar-refractivity contribution < 1.29 is 28.5 Å². The van der Waals surface area contributed by atoms with Crippen molar-refractivity contribution in [3.8, 4) is 11.5 Å². The van der Waals surface area contributed by atoms with Crippen LogP contribution in [0.15, 0.2) is 18.2 Å². The minimum atomic E-state index is -3.83. The Kier molecular flexibility index (Phi) is 3.31. The molecule has 0 aromatic heterocycles. The van der Waals surface area contributed by atoms with Crippen molar-refractivity contribution in [2.75, 3.05) is 7.11 Å². The van der Waals surface area contributed by atoms with E-state index in [2.05, 4.69) is 0 Å². The lowest BCUT2D eigenvalue weighted by atomic mass is 10.1. The van der Waals surface area contributed by atoms with Crippen LogP contribution in [0.2, 0.25) is 0 Å². The Morgan fingerprint density at radius 2 is 2.12 bits per heavy atom. The van der Waals surface area contributed by atoms with Crippen molar-refractivity contribution in [1.29, 1.82) is 0 Å². The number of carbonyl (C=O) groups is 1. The highest BCUT2D eigenvalue weighted by atomic mass is 19.3. The Bertz CT molecular complexity index is 404. The van der Waals surface area contributed by atoms with E-state index >= 15 is 0 Å². The fourth-order valence-electron chi connectivity index (χ4n) is 1.16. The normalized spacial score (nSPS) is 11.2. The summed E-state index contributed by atoms with van der Waals surface area (Å²) >= 11 is 0. The molecule has 0 aliphatic heterocycles. The van der Waals surface area contributed by atoms with Crippen LogP contribution in [-0.4, -0.2) is 29.2 Å².